The number of nitrogens with one attached hydrogen (secondary N) is 2. The molecule has 2 N–H and O–H groups in total. The second-order valence-electron chi connectivity index (χ2n) is 6.43. The number of hydrogen-bond acceptors (Lipinski definition) is 3. The summed E-state index contributed by atoms with van der Waals surface area (Å²) in [5, 5.41) is 0. The Hall–Kier alpha value is -2.24. The third kappa shape index (κ3) is 4.06. The Labute approximate surface area is 149 Å². The lowest BCUT2D eigenvalue weighted by molar-refractivity contribution is -0.994. The van der Waals surface area contributed by atoms with Crippen LogP contribution >= 0.6 is 0 Å². The van der Waals surface area contributed by atoms with Gasteiger partial charge >= 0.3 is 0 Å². The highest BCUT2D eigenvalue weighted by Crippen LogP contribution is 2.37. The van der Waals surface area contributed by atoms with Gasteiger partial charge in [-0.15, -0.1) is 0 Å². The fraction of sp³-hybridized carbons (Fsp3) is 0.400. The molecule has 134 valence electrons. The first-order valence-corrected chi connectivity index (χ1v) is 8.77. The highest BCUT2D eigenvalue weighted by atomic mass is 16.5. The van der Waals surface area contributed by atoms with Crippen molar-refractivity contribution in [1.82, 2.24) is 0 Å². The summed E-state index contributed by atoms with van der Waals surface area (Å²) in [5.74, 6) is 2.11. The van der Waals surface area contributed by atoms with E-state index in [9.17, 15) is 0 Å². The van der Waals surface area contributed by atoms with Crippen molar-refractivity contribution in [3.63, 3.8) is 0 Å². The average molecular weight is 344 g/mol. The van der Waals surface area contributed by atoms with Crippen LogP contribution in [0.5, 0.6) is 17.2 Å². The van der Waals surface area contributed by atoms with Crippen molar-refractivity contribution in [2.24, 2.45) is 0 Å². The van der Waals surface area contributed by atoms with Crippen LogP contribution in [0.15, 0.2) is 42.5 Å². The van der Waals surface area contributed by atoms with E-state index in [1.807, 2.05) is 0 Å². The SMILES string of the molecule is COc1cc(C[NH+]2CC[NH+](c3ccccc3)CC2)cc(OC)c1OC. The standard InChI is InChI=1S/C20H26N2O3/c1-23-18-13-16(14-19(24-2)20(18)25-3)15-21-9-11-22(12-10-21)17-7-5-4-6-8-17/h4-8,13-14H,9-12,15H2,1-3H3/p+2. The van der Waals surface area contributed by atoms with Crippen LogP contribution in [0, 0.1) is 0 Å². The van der Waals surface area contributed by atoms with E-state index in [0.717, 1.165) is 44.2 Å². The number of piperazine rings is 1. The summed E-state index contributed by atoms with van der Waals surface area (Å²) in [5.41, 5.74) is 2.61. The molecule has 1 saturated heterocycles. The van der Waals surface area contributed by atoms with Crippen molar-refractivity contribution >= 4 is 5.69 Å². The van der Waals surface area contributed by atoms with E-state index in [1.165, 1.54) is 11.3 Å². The van der Waals surface area contributed by atoms with Crippen molar-refractivity contribution in [2.45, 2.75) is 6.54 Å². The number of benzene rings is 2. The van der Waals surface area contributed by atoms with Gasteiger partial charge in [-0.3, -0.25) is 4.90 Å². The molecule has 5 heteroatoms. The van der Waals surface area contributed by atoms with E-state index in [0.29, 0.717) is 5.75 Å². The first-order valence-electron chi connectivity index (χ1n) is 8.77. The number of ether oxygens (including phenoxy) is 3. The van der Waals surface area contributed by atoms with Crippen LogP contribution < -0.4 is 24.0 Å². The van der Waals surface area contributed by atoms with Crippen molar-refractivity contribution in [3.8, 4) is 17.2 Å². The third-order valence-electron chi connectivity index (χ3n) is 4.92. The molecule has 2 aromatic rings. The van der Waals surface area contributed by atoms with Gasteiger partial charge in [0.25, 0.3) is 0 Å². The van der Waals surface area contributed by atoms with E-state index >= 15 is 0 Å². The Morgan fingerprint density at radius 2 is 1.40 bits per heavy atom. The molecule has 5 nitrogen and oxygen atoms in total. The van der Waals surface area contributed by atoms with Gasteiger partial charge < -0.3 is 19.1 Å². The van der Waals surface area contributed by atoms with Crippen molar-refractivity contribution in [1.29, 1.82) is 0 Å². The zero-order valence-corrected chi connectivity index (χ0v) is 15.3. The summed E-state index contributed by atoms with van der Waals surface area (Å²) in [6.07, 6.45) is 0. The number of methoxy groups -OCH3 is 3. The second-order valence-corrected chi connectivity index (χ2v) is 6.43. The van der Waals surface area contributed by atoms with Gasteiger partial charge in [0.2, 0.25) is 5.75 Å². The van der Waals surface area contributed by atoms with Crippen molar-refractivity contribution < 1.29 is 24.0 Å². The molecule has 0 aromatic heterocycles. The van der Waals surface area contributed by atoms with Gasteiger partial charge in [0, 0.05) is 5.56 Å². The van der Waals surface area contributed by atoms with E-state index in [-0.39, 0.29) is 0 Å². The molecule has 0 saturated carbocycles. The minimum atomic E-state index is 0.655. The van der Waals surface area contributed by atoms with Gasteiger partial charge in [-0.25, -0.2) is 0 Å². The molecule has 1 fully saturated rings. The Bertz CT molecular complexity index is 658. The summed E-state index contributed by atoms with van der Waals surface area (Å²) in [4.78, 5) is 3.17. The molecule has 1 aliphatic heterocycles. The zero-order chi connectivity index (χ0) is 17.6. The van der Waals surface area contributed by atoms with Crippen LogP contribution in [0.4, 0.5) is 5.69 Å². The Kier molecular flexibility index (Phi) is 5.79. The molecule has 0 radical (unpaired) electrons. The minimum Gasteiger partial charge on any atom is -0.493 e. The number of rotatable bonds is 6. The van der Waals surface area contributed by atoms with Crippen LogP contribution in [-0.2, 0) is 6.54 Å². The maximum atomic E-state index is 5.47. The molecular formula is C20H28N2O3+2. The normalized spacial score (nSPS) is 20.1. The molecule has 3 rings (SSSR count). The predicted octanol–water partition coefficient (Wildman–Crippen LogP) is 0.328. The zero-order valence-electron chi connectivity index (χ0n) is 15.3. The maximum Gasteiger partial charge on any atom is 0.203 e. The monoisotopic (exact) mass is 344 g/mol. The number of quaternary nitrogens is 2. The van der Waals surface area contributed by atoms with Gasteiger partial charge in [-0.1, -0.05) is 18.2 Å². The molecular weight excluding hydrogens is 316 g/mol. The van der Waals surface area contributed by atoms with E-state index in [2.05, 4.69) is 42.5 Å². The lowest BCUT2D eigenvalue weighted by Gasteiger charge is -2.29. The van der Waals surface area contributed by atoms with Gasteiger partial charge in [-0.2, -0.15) is 0 Å². The van der Waals surface area contributed by atoms with E-state index in [4.69, 9.17) is 14.2 Å². The molecule has 0 amide bonds. The lowest BCUT2D eigenvalue weighted by atomic mass is 10.1. The number of para-hydroxylation sites is 1. The fourth-order valence-electron chi connectivity index (χ4n) is 3.57. The Morgan fingerprint density at radius 3 is 1.92 bits per heavy atom. The van der Waals surface area contributed by atoms with Crippen LogP contribution in [0.1, 0.15) is 5.56 Å². The van der Waals surface area contributed by atoms with Crippen LogP contribution in [0.2, 0.25) is 0 Å². The van der Waals surface area contributed by atoms with E-state index in [1.54, 1.807) is 31.1 Å². The maximum absolute atomic E-state index is 5.47. The number of hydrogen-bond donors (Lipinski definition) is 2. The third-order valence-corrected chi connectivity index (χ3v) is 4.92. The summed E-state index contributed by atoms with van der Waals surface area (Å²) in [7, 11) is 4.96. The predicted molar refractivity (Wildman–Crippen MR) is 97.3 cm³/mol. The molecule has 0 bridgehead atoms. The Balaban J connectivity index is 1.66. The molecule has 2 aromatic carbocycles. The largest absolute Gasteiger partial charge is 0.493 e. The van der Waals surface area contributed by atoms with Gasteiger partial charge in [0.1, 0.15) is 38.4 Å². The molecule has 0 atom stereocenters. The topological polar surface area (TPSA) is 36.6 Å². The molecule has 25 heavy (non-hydrogen) atoms. The lowest BCUT2D eigenvalue weighted by Crippen LogP contribution is -3.25. The summed E-state index contributed by atoms with van der Waals surface area (Å²) in [6.45, 7) is 5.59. The summed E-state index contributed by atoms with van der Waals surface area (Å²) >= 11 is 0. The first kappa shape index (κ1) is 17.6. The Morgan fingerprint density at radius 1 is 0.800 bits per heavy atom. The average Bonchev–Trinajstić information content (AvgIpc) is 2.68. The van der Waals surface area contributed by atoms with E-state index < -0.39 is 0 Å². The van der Waals surface area contributed by atoms with Crippen LogP contribution in [0.3, 0.4) is 0 Å². The first-order chi connectivity index (χ1) is 12.2. The van der Waals surface area contributed by atoms with Crippen molar-refractivity contribution in [3.05, 3.63) is 48.0 Å². The van der Waals surface area contributed by atoms with Gasteiger partial charge in [0.05, 0.1) is 21.3 Å². The highest BCUT2D eigenvalue weighted by Gasteiger charge is 2.25. The smallest absolute Gasteiger partial charge is 0.203 e. The van der Waals surface area contributed by atoms with Crippen LogP contribution in [-0.4, -0.2) is 47.5 Å². The minimum absolute atomic E-state index is 0.655. The molecule has 0 spiro atoms. The van der Waals surface area contributed by atoms with Gasteiger partial charge in [-0.05, 0) is 24.3 Å². The molecule has 0 aliphatic carbocycles. The molecule has 0 unspecified atom stereocenters. The van der Waals surface area contributed by atoms with Crippen LogP contribution in [0.25, 0.3) is 0 Å². The van der Waals surface area contributed by atoms with Gasteiger partial charge in [0.15, 0.2) is 11.5 Å². The summed E-state index contributed by atoms with van der Waals surface area (Å²) < 4.78 is 16.3. The fourth-order valence-corrected chi connectivity index (χ4v) is 3.57. The summed E-state index contributed by atoms with van der Waals surface area (Å²) in [6, 6.07) is 14.9. The quantitative estimate of drug-likeness (QED) is 0.793. The molecule has 1 heterocycles. The van der Waals surface area contributed by atoms with Crippen molar-refractivity contribution in [2.75, 3.05) is 47.5 Å². The second kappa shape index (κ2) is 8.23. The highest BCUT2D eigenvalue weighted by molar-refractivity contribution is 5.53. The molecule has 1 aliphatic rings.